The van der Waals surface area contributed by atoms with Crippen molar-refractivity contribution < 1.29 is 9.47 Å². The second-order valence-electron chi connectivity index (χ2n) is 4.98. The van der Waals surface area contributed by atoms with E-state index in [0.29, 0.717) is 12.7 Å². The van der Waals surface area contributed by atoms with Crippen molar-refractivity contribution in [3.05, 3.63) is 29.8 Å². The van der Waals surface area contributed by atoms with Crippen LogP contribution in [-0.2, 0) is 4.74 Å². The number of rotatable bonds is 6. The number of hydrogen-bond acceptors (Lipinski definition) is 4. The molecule has 0 bridgehead atoms. The fourth-order valence-electron chi connectivity index (χ4n) is 2.61. The lowest BCUT2D eigenvalue weighted by atomic mass is 10.1. The molecule has 19 heavy (non-hydrogen) atoms. The van der Waals surface area contributed by atoms with Crippen LogP contribution in [0.15, 0.2) is 24.3 Å². The molecule has 2 atom stereocenters. The maximum absolute atomic E-state index is 6.33. The quantitative estimate of drug-likeness (QED) is 0.851. The van der Waals surface area contributed by atoms with Crippen LogP contribution in [0, 0.1) is 0 Å². The highest BCUT2D eigenvalue weighted by Crippen LogP contribution is 2.25. The van der Waals surface area contributed by atoms with E-state index in [2.05, 4.69) is 11.0 Å². The van der Waals surface area contributed by atoms with Crippen molar-refractivity contribution >= 4 is 0 Å². The van der Waals surface area contributed by atoms with Gasteiger partial charge in [-0.25, -0.2) is 0 Å². The molecule has 1 aromatic carbocycles. The molecule has 0 aromatic heterocycles. The van der Waals surface area contributed by atoms with Crippen LogP contribution in [0.3, 0.4) is 0 Å². The van der Waals surface area contributed by atoms with E-state index >= 15 is 0 Å². The fraction of sp³-hybridized carbons (Fsp3) is 0.600. The van der Waals surface area contributed by atoms with Crippen LogP contribution in [0.1, 0.15) is 24.9 Å². The highest BCUT2D eigenvalue weighted by Gasteiger charge is 2.24. The fourth-order valence-corrected chi connectivity index (χ4v) is 2.61. The SMILES string of the molecule is CCOc1ccccc1C(N)CN1CCC(OC)C1. The Morgan fingerprint density at radius 1 is 1.42 bits per heavy atom. The van der Waals surface area contributed by atoms with Crippen LogP contribution in [0.4, 0.5) is 0 Å². The topological polar surface area (TPSA) is 47.7 Å². The molecular formula is C15H24N2O2. The monoisotopic (exact) mass is 264 g/mol. The Balaban J connectivity index is 1.98. The highest BCUT2D eigenvalue weighted by atomic mass is 16.5. The van der Waals surface area contributed by atoms with Crippen molar-refractivity contribution in [2.75, 3.05) is 33.4 Å². The molecule has 0 saturated carbocycles. The summed E-state index contributed by atoms with van der Waals surface area (Å²) < 4.78 is 11.0. The lowest BCUT2D eigenvalue weighted by molar-refractivity contribution is 0.107. The van der Waals surface area contributed by atoms with E-state index in [4.69, 9.17) is 15.2 Å². The summed E-state index contributed by atoms with van der Waals surface area (Å²) >= 11 is 0. The van der Waals surface area contributed by atoms with Gasteiger partial charge in [0.15, 0.2) is 0 Å². The van der Waals surface area contributed by atoms with Gasteiger partial charge in [0.2, 0.25) is 0 Å². The number of nitrogens with two attached hydrogens (primary N) is 1. The minimum atomic E-state index is -0.0154. The molecule has 1 aliphatic rings. The molecule has 2 unspecified atom stereocenters. The molecule has 0 spiro atoms. The molecule has 1 aromatic rings. The second kappa shape index (κ2) is 6.89. The maximum atomic E-state index is 6.33. The third kappa shape index (κ3) is 3.69. The average Bonchev–Trinajstić information content (AvgIpc) is 2.87. The van der Waals surface area contributed by atoms with E-state index < -0.39 is 0 Å². The zero-order valence-electron chi connectivity index (χ0n) is 11.8. The molecule has 4 nitrogen and oxygen atoms in total. The van der Waals surface area contributed by atoms with Crippen molar-refractivity contribution in [2.45, 2.75) is 25.5 Å². The Hall–Kier alpha value is -1.10. The van der Waals surface area contributed by atoms with E-state index in [9.17, 15) is 0 Å². The molecule has 1 saturated heterocycles. The number of para-hydroxylation sites is 1. The summed E-state index contributed by atoms with van der Waals surface area (Å²) in [6, 6.07) is 8.02. The Morgan fingerprint density at radius 2 is 2.21 bits per heavy atom. The largest absolute Gasteiger partial charge is 0.494 e. The predicted molar refractivity (Wildman–Crippen MR) is 76.4 cm³/mol. The molecule has 1 fully saturated rings. The van der Waals surface area contributed by atoms with Crippen LogP contribution >= 0.6 is 0 Å². The van der Waals surface area contributed by atoms with Crippen LogP contribution in [-0.4, -0.2) is 44.4 Å². The van der Waals surface area contributed by atoms with Crippen molar-refractivity contribution in [3.63, 3.8) is 0 Å². The van der Waals surface area contributed by atoms with E-state index in [1.54, 1.807) is 7.11 Å². The van der Waals surface area contributed by atoms with E-state index in [1.165, 1.54) is 0 Å². The van der Waals surface area contributed by atoms with Crippen LogP contribution in [0.5, 0.6) is 5.75 Å². The maximum Gasteiger partial charge on any atom is 0.124 e. The smallest absolute Gasteiger partial charge is 0.124 e. The summed E-state index contributed by atoms with van der Waals surface area (Å²) in [5.74, 6) is 0.903. The van der Waals surface area contributed by atoms with Crippen LogP contribution < -0.4 is 10.5 Å². The average molecular weight is 264 g/mol. The van der Waals surface area contributed by atoms with Gasteiger partial charge in [0.05, 0.1) is 12.7 Å². The first-order chi connectivity index (χ1) is 9.24. The zero-order valence-corrected chi connectivity index (χ0v) is 11.8. The molecule has 0 radical (unpaired) electrons. The molecule has 0 amide bonds. The van der Waals surface area contributed by atoms with Gasteiger partial charge >= 0.3 is 0 Å². The Bertz CT molecular complexity index is 397. The second-order valence-corrected chi connectivity index (χ2v) is 4.98. The van der Waals surface area contributed by atoms with Crippen molar-refractivity contribution in [3.8, 4) is 5.75 Å². The molecule has 2 rings (SSSR count). The van der Waals surface area contributed by atoms with Gasteiger partial charge in [-0.1, -0.05) is 18.2 Å². The first kappa shape index (κ1) is 14.3. The summed E-state index contributed by atoms with van der Waals surface area (Å²) in [6.45, 7) is 5.54. The Morgan fingerprint density at radius 3 is 2.89 bits per heavy atom. The molecule has 4 heteroatoms. The summed E-state index contributed by atoms with van der Waals surface area (Å²) in [6.07, 6.45) is 1.45. The molecular weight excluding hydrogens is 240 g/mol. The van der Waals surface area contributed by atoms with Gasteiger partial charge in [-0.15, -0.1) is 0 Å². The van der Waals surface area contributed by atoms with Gasteiger partial charge in [-0.3, -0.25) is 4.90 Å². The van der Waals surface area contributed by atoms with Crippen molar-refractivity contribution in [1.82, 2.24) is 4.90 Å². The number of benzene rings is 1. The van der Waals surface area contributed by atoms with Gasteiger partial charge in [0.25, 0.3) is 0 Å². The Kier molecular flexibility index (Phi) is 5.19. The lowest BCUT2D eigenvalue weighted by Gasteiger charge is -2.22. The standard InChI is InChI=1S/C15H24N2O2/c1-3-19-15-7-5-4-6-13(15)14(16)11-17-9-8-12(10-17)18-2/h4-7,12,14H,3,8-11,16H2,1-2H3. The zero-order chi connectivity index (χ0) is 13.7. The summed E-state index contributed by atoms with van der Waals surface area (Å²) in [5.41, 5.74) is 7.42. The summed E-state index contributed by atoms with van der Waals surface area (Å²) in [4.78, 5) is 2.36. The van der Waals surface area contributed by atoms with Gasteiger partial charge < -0.3 is 15.2 Å². The third-order valence-corrected chi connectivity index (χ3v) is 3.64. The van der Waals surface area contributed by atoms with E-state index in [-0.39, 0.29) is 6.04 Å². The van der Waals surface area contributed by atoms with Crippen LogP contribution in [0.25, 0.3) is 0 Å². The van der Waals surface area contributed by atoms with Crippen LogP contribution in [0.2, 0.25) is 0 Å². The van der Waals surface area contributed by atoms with Crippen molar-refractivity contribution in [1.29, 1.82) is 0 Å². The third-order valence-electron chi connectivity index (χ3n) is 3.64. The predicted octanol–water partition coefficient (Wildman–Crippen LogP) is 1.81. The number of hydrogen-bond donors (Lipinski definition) is 1. The normalized spacial score (nSPS) is 21.5. The van der Waals surface area contributed by atoms with E-state index in [0.717, 1.165) is 37.4 Å². The van der Waals surface area contributed by atoms with Gasteiger partial charge in [0, 0.05) is 38.3 Å². The molecule has 1 heterocycles. The number of nitrogens with zero attached hydrogens (tertiary/aromatic N) is 1. The molecule has 106 valence electrons. The van der Waals surface area contributed by atoms with E-state index in [1.807, 2.05) is 25.1 Å². The Labute approximate surface area is 115 Å². The summed E-state index contributed by atoms with van der Waals surface area (Å²) in [7, 11) is 1.78. The molecule has 0 aliphatic carbocycles. The van der Waals surface area contributed by atoms with Crippen molar-refractivity contribution in [2.24, 2.45) is 5.73 Å². The lowest BCUT2D eigenvalue weighted by Crippen LogP contribution is -2.31. The van der Waals surface area contributed by atoms with Gasteiger partial charge in [-0.05, 0) is 19.4 Å². The number of likely N-dealkylation sites (tertiary alicyclic amines) is 1. The summed E-state index contributed by atoms with van der Waals surface area (Å²) in [5, 5.41) is 0. The minimum absolute atomic E-state index is 0.0154. The first-order valence-electron chi connectivity index (χ1n) is 6.97. The molecule has 2 N–H and O–H groups in total. The van der Waals surface area contributed by atoms with Gasteiger partial charge in [-0.2, -0.15) is 0 Å². The number of methoxy groups -OCH3 is 1. The number of ether oxygens (including phenoxy) is 2. The van der Waals surface area contributed by atoms with Gasteiger partial charge in [0.1, 0.15) is 5.75 Å². The molecule has 1 aliphatic heterocycles. The highest BCUT2D eigenvalue weighted by molar-refractivity contribution is 5.36. The minimum Gasteiger partial charge on any atom is -0.494 e. The first-order valence-corrected chi connectivity index (χ1v) is 6.97.